The van der Waals surface area contributed by atoms with E-state index < -0.39 is 0 Å². The molecule has 0 aromatic heterocycles. The van der Waals surface area contributed by atoms with Gasteiger partial charge in [-0.05, 0) is 43.7 Å². The third kappa shape index (κ3) is 3.13. The summed E-state index contributed by atoms with van der Waals surface area (Å²) < 4.78 is 5.18. The average molecular weight is 234 g/mol. The van der Waals surface area contributed by atoms with E-state index in [9.17, 15) is 0 Å². The van der Waals surface area contributed by atoms with Gasteiger partial charge in [-0.1, -0.05) is 6.92 Å². The Hall–Kier alpha value is -1.22. The molecule has 3 nitrogen and oxygen atoms in total. The lowest BCUT2D eigenvalue weighted by Crippen LogP contribution is -2.42. The number of nitrogens with zero attached hydrogens (tertiary/aromatic N) is 1. The largest absolute Gasteiger partial charge is 0.497 e. The summed E-state index contributed by atoms with van der Waals surface area (Å²) >= 11 is 0. The van der Waals surface area contributed by atoms with E-state index >= 15 is 0 Å². The molecule has 0 bridgehead atoms. The minimum atomic E-state index is 0.703. The minimum absolute atomic E-state index is 0.703. The van der Waals surface area contributed by atoms with Crippen molar-refractivity contribution in [2.75, 3.05) is 31.6 Å². The van der Waals surface area contributed by atoms with Crippen LogP contribution in [-0.4, -0.2) is 32.8 Å². The van der Waals surface area contributed by atoms with Gasteiger partial charge in [-0.2, -0.15) is 0 Å². The van der Waals surface area contributed by atoms with E-state index in [4.69, 9.17) is 4.74 Å². The molecule has 17 heavy (non-hydrogen) atoms. The highest BCUT2D eigenvalue weighted by molar-refractivity contribution is 5.49. The fourth-order valence-electron chi connectivity index (χ4n) is 2.42. The molecule has 1 aromatic rings. The zero-order chi connectivity index (χ0) is 12.1. The average Bonchev–Trinajstić information content (AvgIpc) is 2.40. The van der Waals surface area contributed by atoms with Crippen molar-refractivity contribution < 1.29 is 4.74 Å². The highest BCUT2D eigenvalue weighted by atomic mass is 16.5. The van der Waals surface area contributed by atoms with Gasteiger partial charge < -0.3 is 15.0 Å². The third-order valence-electron chi connectivity index (χ3n) is 3.43. The van der Waals surface area contributed by atoms with Gasteiger partial charge in [0.25, 0.3) is 0 Å². The van der Waals surface area contributed by atoms with Crippen molar-refractivity contribution in [2.24, 2.45) is 0 Å². The number of hydrogen-bond donors (Lipinski definition) is 1. The monoisotopic (exact) mass is 234 g/mol. The van der Waals surface area contributed by atoms with Crippen LogP contribution in [0, 0.1) is 0 Å². The van der Waals surface area contributed by atoms with Gasteiger partial charge in [0.05, 0.1) is 7.11 Å². The maximum atomic E-state index is 5.18. The van der Waals surface area contributed by atoms with Gasteiger partial charge in [-0.25, -0.2) is 0 Å². The van der Waals surface area contributed by atoms with Crippen LogP contribution in [0.3, 0.4) is 0 Å². The van der Waals surface area contributed by atoms with Crippen LogP contribution in [0.4, 0.5) is 5.69 Å². The van der Waals surface area contributed by atoms with Gasteiger partial charge in [0, 0.05) is 24.8 Å². The Balaban J connectivity index is 1.91. The molecule has 1 aromatic carbocycles. The first kappa shape index (κ1) is 12.2. The first-order valence-corrected chi connectivity index (χ1v) is 6.46. The van der Waals surface area contributed by atoms with E-state index in [0.717, 1.165) is 25.4 Å². The van der Waals surface area contributed by atoms with Crippen LogP contribution in [0.25, 0.3) is 0 Å². The number of methoxy groups -OCH3 is 1. The van der Waals surface area contributed by atoms with Gasteiger partial charge in [0.15, 0.2) is 0 Å². The van der Waals surface area contributed by atoms with Crippen LogP contribution in [0.2, 0.25) is 0 Å². The first-order chi connectivity index (χ1) is 8.33. The molecule has 1 aliphatic heterocycles. The zero-order valence-corrected chi connectivity index (χ0v) is 10.8. The van der Waals surface area contributed by atoms with Gasteiger partial charge in [-0.3, -0.25) is 0 Å². The Morgan fingerprint density at radius 1 is 1.24 bits per heavy atom. The lowest BCUT2D eigenvalue weighted by atomic mass is 10.0. The van der Waals surface area contributed by atoms with Crippen molar-refractivity contribution in [3.63, 3.8) is 0 Å². The topological polar surface area (TPSA) is 24.5 Å². The van der Waals surface area contributed by atoms with Crippen LogP contribution in [0.1, 0.15) is 19.8 Å². The fourth-order valence-corrected chi connectivity index (χ4v) is 2.42. The standard InChI is InChI=1S/C14H22N2O/c1-3-15-12-8-10-16(11-9-12)13-4-6-14(17-2)7-5-13/h4-7,12,15H,3,8-11H2,1-2H3. The maximum absolute atomic E-state index is 5.18. The molecule has 0 saturated carbocycles. The van der Waals surface area contributed by atoms with Crippen LogP contribution in [-0.2, 0) is 0 Å². The smallest absolute Gasteiger partial charge is 0.119 e. The summed E-state index contributed by atoms with van der Waals surface area (Å²) in [5.74, 6) is 0.927. The SMILES string of the molecule is CCNC1CCN(c2ccc(OC)cc2)CC1. The molecule has 1 saturated heterocycles. The molecule has 1 N–H and O–H groups in total. The number of ether oxygens (including phenoxy) is 1. The molecular weight excluding hydrogens is 212 g/mol. The minimum Gasteiger partial charge on any atom is -0.497 e. The number of nitrogens with one attached hydrogen (secondary N) is 1. The summed E-state index contributed by atoms with van der Waals surface area (Å²) in [5, 5.41) is 3.53. The lowest BCUT2D eigenvalue weighted by molar-refractivity contribution is 0.413. The quantitative estimate of drug-likeness (QED) is 0.865. The third-order valence-corrected chi connectivity index (χ3v) is 3.43. The lowest BCUT2D eigenvalue weighted by Gasteiger charge is -2.34. The summed E-state index contributed by atoms with van der Waals surface area (Å²) in [6.07, 6.45) is 2.47. The van der Waals surface area contributed by atoms with E-state index in [-0.39, 0.29) is 0 Å². The summed E-state index contributed by atoms with van der Waals surface area (Å²) in [4.78, 5) is 2.45. The molecule has 1 fully saturated rings. The Kier molecular flexibility index (Phi) is 4.26. The Morgan fingerprint density at radius 2 is 1.88 bits per heavy atom. The second-order valence-corrected chi connectivity index (χ2v) is 4.52. The second kappa shape index (κ2) is 5.92. The zero-order valence-electron chi connectivity index (χ0n) is 10.8. The number of hydrogen-bond acceptors (Lipinski definition) is 3. The number of benzene rings is 1. The summed E-state index contributed by atoms with van der Waals surface area (Å²) in [6, 6.07) is 9.06. The molecule has 0 aliphatic carbocycles. The van der Waals surface area contributed by atoms with Gasteiger partial charge in [-0.15, -0.1) is 0 Å². The van der Waals surface area contributed by atoms with Crippen molar-refractivity contribution in [1.82, 2.24) is 5.32 Å². The van der Waals surface area contributed by atoms with E-state index in [1.165, 1.54) is 18.5 Å². The van der Waals surface area contributed by atoms with E-state index in [1.54, 1.807) is 7.11 Å². The van der Waals surface area contributed by atoms with E-state index in [2.05, 4.69) is 29.3 Å². The Labute approximate surface area is 104 Å². The highest BCUT2D eigenvalue weighted by Gasteiger charge is 2.18. The molecule has 0 atom stereocenters. The number of piperidine rings is 1. The molecule has 1 aliphatic rings. The van der Waals surface area contributed by atoms with E-state index in [0.29, 0.717) is 6.04 Å². The highest BCUT2D eigenvalue weighted by Crippen LogP contribution is 2.22. The second-order valence-electron chi connectivity index (χ2n) is 4.52. The predicted molar refractivity (Wildman–Crippen MR) is 71.9 cm³/mol. The molecule has 2 rings (SSSR count). The van der Waals surface area contributed by atoms with Crippen molar-refractivity contribution in [2.45, 2.75) is 25.8 Å². The van der Waals surface area contributed by atoms with Crippen molar-refractivity contribution in [3.05, 3.63) is 24.3 Å². The van der Waals surface area contributed by atoms with Gasteiger partial charge >= 0.3 is 0 Å². The van der Waals surface area contributed by atoms with Crippen molar-refractivity contribution in [3.8, 4) is 5.75 Å². The Bertz CT molecular complexity index is 329. The van der Waals surface area contributed by atoms with Crippen LogP contribution < -0.4 is 15.0 Å². The molecule has 0 unspecified atom stereocenters. The molecule has 0 amide bonds. The molecule has 0 radical (unpaired) electrons. The van der Waals surface area contributed by atoms with Crippen molar-refractivity contribution >= 4 is 5.69 Å². The van der Waals surface area contributed by atoms with E-state index in [1.807, 2.05) is 12.1 Å². The number of rotatable bonds is 4. The first-order valence-electron chi connectivity index (χ1n) is 6.46. The normalized spacial score (nSPS) is 17.2. The van der Waals surface area contributed by atoms with Crippen LogP contribution in [0.5, 0.6) is 5.75 Å². The fraction of sp³-hybridized carbons (Fsp3) is 0.571. The molecule has 1 heterocycles. The summed E-state index contributed by atoms with van der Waals surface area (Å²) in [5.41, 5.74) is 1.31. The molecule has 3 heteroatoms. The van der Waals surface area contributed by atoms with Gasteiger partial charge in [0.2, 0.25) is 0 Å². The van der Waals surface area contributed by atoms with Crippen molar-refractivity contribution in [1.29, 1.82) is 0 Å². The van der Waals surface area contributed by atoms with Gasteiger partial charge in [0.1, 0.15) is 5.75 Å². The maximum Gasteiger partial charge on any atom is 0.119 e. The van der Waals surface area contributed by atoms with Crippen LogP contribution in [0.15, 0.2) is 24.3 Å². The number of anilines is 1. The molecule has 94 valence electrons. The van der Waals surface area contributed by atoms with Crippen LogP contribution >= 0.6 is 0 Å². The molecule has 0 spiro atoms. The summed E-state index contributed by atoms with van der Waals surface area (Å²) in [6.45, 7) is 5.54. The molecular formula is C14H22N2O. The summed E-state index contributed by atoms with van der Waals surface area (Å²) in [7, 11) is 1.71. The predicted octanol–water partition coefficient (Wildman–Crippen LogP) is 2.27. The Morgan fingerprint density at radius 3 is 2.41 bits per heavy atom.